The maximum Gasteiger partial charge on any atom is 0.227 e. The lowest BCUT2D eigenvalue weighted by Crippen LogP contribution is -2.39. The fraction of sp³-hybridized carbons (Fsp3) is 0.316. The van der Waals surface area contributed by atoms with Gasteiger partial charge >= 0.3 is 0 Å². The van der Waals surface area contributed by atoms with E-state index >= 15 is 0 Å². The van der Waals surface area contributed by atoms with Crippen LogP contribution >= 0.6 is 0 Å². The van der Waals surface area contributed by atoms with Crippen LogP contribution in [0.3, 0.4) is 0 Å². The molecule has 1 amide bonds. The Labute approximate surface area is 148 Å². The number of aliphatic imine (C=N–C) groups is 1. The number of benzene rings is 1. The molecule has 1 aromatic carbocycles. The third-order valence-corrected chi connectivity index (χ3v) is 3.57. The molecule has 132 valence electrons. The minimum atomic E-state index is -0.0784. The van der Waals surface area contributed by atoms with Crippen LogP contribution in [0.25, 0.3) is 0 Å². The molecule has 0 aliphatic heterocycles. The predicted molar refractivity (Wildman–Crippen MR) is 102 cm³/mol. The van der Waals surface area contributed by atoms with Crippen LogP contribution in [0.15, 0.2) is 53.5 Å². The smallest absolute Gasteiger partial charge is 0.227 e. The third-order valence-electron chi connectivity index (χ3n) is 3.57. The third kappa shape index (κ3) is 7.03. The number of amides is 1. The summed E-state index contributed by atoms with van der Waals surface area (Å²) in [6.07, 6.45) is 1.26. The van der Waals surface area contributed by atoms with Crippen molar-refractivity contribution in [3.8, 4) is 0 Å². The maximum absolute atomic E-state index is 11.9. The van der Waals surface area contributed by atoms with E-state index in [2.05, 4.69) is 38.1 Å². The van der Waals surface area contributed by atoms with Crippen molar-refractivity contribution in [2.24, 2.45) is 4.99 Å². The van der Waals surface area contributed by atoms with Crippen molar-refractivity contribution in [1.29, 1.82) is 0 Å². The van der Waals surface area contributed by atoms with Crippen molar-refractivity contribution >= 4 is 17.7 Å². The highest BCUT2D eigenvalue weighted by molar-refractivity contribution is 5.90. The molecule has 6 heteroatoms. The second kappa shape index (κ2) is 10.1. The van der Waals surface area contributed by atoms with Crippen molar-refractivity contribution in [2.45, 2.75) is 19.8 Å². The molecule has 0 aliphatic carbocycles. The Morgan fingerprint density at radius 1 is 1.04 bits per heavy atom. The monoisotopic (exact) mass is 339 g/mol. The number of guanidine groups is 1. The van der Waals surface area contributed by atoms with E-state index in [4.69, 9.17) is 0 Å². The first-order valence-electron chi connectivity index (χ1n) is 8.39. The molecular formula is C19H25N5O. The molecule has 6 nitrogen and oxygen atoms in total. The van der Waals surface area contributed by atoms with Crippen LogP contribution in [0.4, 0.5) is 5.82 Å². The number of hydrogen-bond acceptors (Lipinski definition) is 3. The number of pyridine rings is 1. The summed E-state index contributed by atoms with van der Waals surface area (Å²) < 4.78 is 0. The van der Waals surface area contributed by atoms with Crippen LogP contribution in [0.5, 0.6) is 0 Å². The van der Waals surface area contributed by atoms with E-state index < -0.39 is 0 Å². The van der Waals surface area contributed by atoms with Gasteiger partial charge in [-0.2, -0.15) is 0 Å². The Morgan fingerprint density at radius 3 is 2.52 bits per heavy atom. The first kappa shape index (κ1) is 18.4. The second-order valence-corrected chi connectivity index (χ2v) is 5.62. The molecule has 0 radical (unpaired) electrons. The maximum atomic E-state index is 11.9. The van der Waals surface area contributed by atoms with Gasteiger partial charge in [-0.3, -0.25) is 9.79 Å². The Hall–Kier alpha value is -2.89. The number of carbonyl (C=O) groups is 1. The Morgan fingerprint density at radius 2 is 1.80 bits per heavy atom. The fourth-order valence-electron chi connectivity index (χ4n) is 2.30. The molecule has 1 heterocycles. The Bertz CT molecular complexity index is 700. The number of aryl methyl sites for hydroxylation is 1. The first-order valence-corrected chi connectivity index (χ1v) is 8.39. The number of rotatable bonds is 7. The molecule has 0 atom stereocenters. The summed E-state index contributed by atoms with van der Waals surface area (Å²) in [4.78, 5) is 20.4. The zero-order valence-electron chi connectivity index (χ0n) is 14.7. The normalized spacial score (nSPS) is 11.0. The summed E-state index contributed by atoms with van der Waals surface area (Å²) >= 11 is 0. The van der Waals surface area contributed by atoms with Crippen LogP contribution < -0.4 is 16.0 Å². The molecular weight excluding hydrogens is 314 g/mol. The summed E-state index contributed by atoms with van der Waals surface area (Å²) in [7, 11) is 1.72. The molecule has 0 aliphatic rings. The Kier molecular flexibility index (Phi) is 7.43. The van der Waals surface area contributed by atoms with Gasteiger partial charge in [0, 0.05) is 32.3 Å². The largest absolute Gasteiger partial charge is 0.356 e. The van der Waals surface area contributed by atoms with Gasteiger partial charge in [-0.05, 0) is 31.0 Å². The van der Waals surface area contributed by atoms with E-state index in [1.165, 1.54) is 5.56 Å². The number of nitrogens with zero attached hydrogens (tertiary/aromatic N) is 2. The lowest BCUT2D eigenvalue weighted by molar-refractivity contribution is -0.116. The minimum absolute atomic E-state index is 0.0784. The first-order chi connectivity index (χ1) is 12.2. The molecule has 0 fully saturated rings. The zero-order chi connectivity index (χ0) is 17.9. The van der Waals surface area contributed by atoms with E-state index in [0.717, 1.165) is 18.7 Å². The van der Waals surface area contributed by atoms with Crippen LogP contribution in [0.1, 0.15) is 17.7 Å². The summed E-state index contributed by atoms with van der Waals surface area (Å²) in [5.74, 6) is 1.19. The van der Waals surface area contributed by atoms with E-state index in [1.54, 1.807) is 13.1 Å². The lowest BCUT2D eigenvalue weighted by atomic mass is 10.1. The van der Waals surface area contributed by atoms with Crippen molar-refractivity contribution in [2.75, 3.05) is 25.5 Å². The molecule has 0 bridgehead atoms. The van der Waals surface area contributed by atoms with Gasteiger partial charge in [-0.25, -0.2) is 4.98 Å². The predicted octanol–water partition coefficient (Wildman–Crippen LogP) is 2.13. The zero-order valence-corrected chi connectivity index (χ0v) is 14.7. The highest BCUT2D eigenvalue weighted by Crippen LogP contribution is 2.04. The van der Waals surface area contributed by atoms with E-state index in [1.807, 2.05) is 37.3 Å². The number of hydrogen-bond donors (Lipinski definition) is 3. The van der Waals surface area contributed by atoms with E-state index in [9.17, 15) is 4.79 Å². The van der Waals surface area contributed by atoms with Gasteiger partial charge in [0.05, 0.1) is 0 Å². The average molecular weight is 339 g/mol. The van der Waals surface area contributed by atoms with E-state index in [-0.39, 0.29) is 5.91 Å². The summed E-state index contributed by atoms with van der Waals surface area (Å²) in [5, 5.41) is 9.17. The van der Waals surface area contributed by atoms with Crippen molar-refractivity contribution in [3.05, 3.63) is 59.8 Å². The number of aromatic nitrogens is 1. The minimum Gasteiger partial charge on any atom is -0.356 e. The molecule has 3 N–H and O–H groups in total. The molecule has 2 aromatic rings. The van der Waals surface area contributed by atoms with Crippen molar-refractivity contribution < 1.29 is 4.79 Å². The molecule has 25 heavy (non-hydrogen) atoms. The summed E-state index contributed by atoms with van der Waals surface area (Å²) in [6, 6.07) is 15.8. The van der Waals surface area contributed by atoms with Gasteiger partial charge in [-0.1, -0.05) is 36.4 Å². The van der Waals surface area contributed by atoms with Gasteiger partial charge in [0.1, 0.15) is 5.82 Å². The number of nitrogens with one attached hydrogen (secondary N) is 3. The van der Waals surface area contributed by atoms with Gasteiger partial charge in [0.2, 0.25) is 5.91 Å². The molecule has 0 saturated heterocycles. The van der Waals surface area contributed by atoms with Crippen LogP contribution in [0, 0.1) is 6.92 Å². The van der Waals surface area contributed by atoms with Crippen LogP contribution in [-0.4, -0.2) is 37.0 Å². The van der Waals surface area contributed by atoms with Crippen LogP contribution in [0.2, 0.25) is 0 Å². The summed E-state index contributed by atoms with van der Waals surface area (Å²) in [6.45, 7) is 3.17. The SMILES string of the molecule is CN=C(NCCC(=O)Nc1cccc(C)n1)NCCc1ccccc1. The average Bonchev–Trinajstić information content (AvgIpc) is 2.61. The van der Waals surface area contributed by atoms with Crippen molar-refractivity contribution in [1.82, 2.24) is 15.6 Å². The van der Waals surface area contributed by atoms with Crippen molar-refractivity contribution in [3.63, 3.8) is 0 Å². The molecule has 2 rings (SSSR count). The van der Waals surface area contributed by atoms with Gasteiger partial charge in [0.25, 0.3) is 0 Å². The second-order valence-electron chi connectivity index (χ2n) is 5.62. The molecule has 0 saturated carbocycles. The van der Waals surface area contributed by atoms with Gasteiger partial charge in [0.15, 0.2) is 5.96 Å². The quantitative estimate of drug-likeness (QED) is 0.533. The van der Waals surface area contributed by atoms with E-state index in [0.29, 0.717) is 24.7 Å². The Balaban J connectivity index is 1.65. The standard InChI is InChI=1S/C19H25N5O/c1-15-7-6-10-17(23-15)24-18(25)12-14-22-19(20-2)21-13-11-16-8-4-3-5-9-16/h3-10H,11-14H2,1-2H3,(H2,20,21,22)(H,23,24,25). The topological polar surface area (TPSA) is 78.4 Å². The molecule has 0 spiro atoms. The molecule has 0 unspecified atom stereocenters. The number of carbonyl (C=O) groups excluding carboxylic acids is 1. The highest BCUT2D eigenvalue weighted by Gasteiger charge is 2.04. The highest BCUT2D eigenvalue weighted by atomic mass is 16.1. The fourth-order valence-corrected chi connectivity index (χ4v) is 2.30. The molecule has 1 aromatic heterocycles. The van der Waals surface area contributed by atoms with Gasteiger partial charge in [-0.15, -0.1) is 0 Å². The number of anilines is 1. The van der Waals surface area contributed by atoms with Crippen LogP contribution in [-0.2, 0) is 11.2 Å². The lowest BCUT2D eigenvalue weighted by Gasteiger charge is -2.12. The summed E-state index contributed by atoms with van der Waals surface area (Å²) in [5.41, 5.74) is 2.15. The van der Waals surface area contributed by atoms with Gasteiger partial charge < -0.3 is 16.0 Å².